The highest BCUT2D eigenvalue weighted by atomic mass is 19.4. The fourth-order valence-corrected chi connectivity index (χ4v) is 3.30. The molecule has 2 aromatic heterocycles. The molecule has 164 valence electrons. The average molecular weight is 444 g/mol. The number of benzene rings is 2. The van der Waals surface area contributed by atoms with Crippen molar-refractivity contribution in [3.8, 4) is 5.69 Å². The van der Waals surface area contributed by atoms with Gasteiger partial charge in [-0.05, 0) is 31.2 Å². The minimum atomic E-state index is -4.96. The molecule has 0 aliphatic rings. The van der Waals surface area contributed by atoms with Gasteiger partial charge in [0.25, 0.3) is 5.91 Å². The Morgan fingerprint density at radius 3 is 2.56 bits per heavy atom. The van der Waals surface area contributed by atoms with Crippen molar-refractivity contribution in [2.75, 3.05) is 7.05 Å². The summed E-state index contributed by atoms with van der Waals surface area (Å²) in [6.07, 6.45) is -4.96. The van der Waals surface area contributed by atoms with Crippen molar-refractivity contribution in [2.45, 2.75) is 19.6 Å². The third-order valence-electron chi connectivity index (χ3n) is 4.76. The summed E-state index contributed by atoms with van der Waals surface area (Å²) in [5, 5.41) is 7.75. The minimum absolute atomic E-state index is 0.144. The molecule has 0 aliphatic carbocycles. The lowest BCUT2D eigenvalue weighted by Gasteiger charge is -2.17. The van der Waals surface area contributed by atoms with Crippen molar-refractivity contribution in [3.63, 3.8) is 0 Å². The number of alkyl halides is 3. The third kappa shape index (κ3) is 4.01. The molecule has 1 amide bonds. The number of carbonyl (C=O) groups is 1. The van der Waals surface area contributed by atoms with Gasteiger partial charge in [-0.25, -0.2) is 19.0 Å². The zero-order chi connectivity index (χ0) is 23.0. The van der Waals surface area contributed by atoms with E-state index in [0.717, 1.165) is 22.4 Å². The van der Waals surface area contributed by atoms with E-state index in [1.807, 2.05) is 12.1 Å². The average Bonchev–Trinajstić information content (AvgIpc) is 3.19. The molecular weight excluding hydrogens is 428 g/mol. The third-order valence-corrected chi connectivity index (χ3v) is 4.76. The summed E-state index contributed by atoms with van der Waals surface area (Å²) in [5.41, 5.74) is -1.17. The maximum absolute atomic E-state index is 13.8. The van der Waals surface area contributed by atoms with Crippen LogP contribution in [-0.2, 0) is 12.7 Å². The summed E-state index contributed by atoms with van der Waals surface area (Å²) in [7, 11) is 1.32. The molecular formula is C21H16F4N6O. The molecule has 4 aromatic rings. The number of para-hydroxylation sites is 1. The van der Waals surface area contributed by atoms with Crippen LogP contribution < -0.4 is 0 Å². The Morgan fingerprint density at radius 1 is 1.09 bits per heavy atom. The van der Waals surface area contributed by atoms with Crippen LogP contribution in [0.3, 0.4) is 0 Å². The fourth-order valence-electron chi connectivity index (χ4n) is 3.30. The number of nitrogens with zero attached hydrogens (tertiary/aromatic N) is 6. The van der Waals surface area contributed by atoms with Crippen LogP contribution >= 0.6 is 0 Å². The Bertz CT molecular complexity index is 1320. The Balaban J connectivity index is 1.68. The van der Waals surface area contributed by atoms with Gasteiger partial charge in [-0.1, -0.05) is 29.5 Å². The monoisotopic (exact) mass is 444 g/mol. The minimum Gasteiger partial charge on any atom is -0.333 e. The van der Waals surface area contributed by atoms with Crippen LogP contribution in [0, 0.1) is 12.7 Å². The Labute approximate surface area is 179 Å². The van der Waals surface area contributed by atoms with Gasteiger partial charge in [0.05, 0.1) is 17.7 Å². The Hall–Kier alpha value is -3.89. The second-order valence-corrected chi connectivity index (χ2v) is 7.08. The zero-order valence-corrected chi connectivity index (χ0v) is 16.9. The molecule has 0 saturated carbocycles. The van der Waals surface area contributed by atoms with Crippen LogP contribution in [0.25, 0.3) is 16.6 Å². The lowest BCUT2D eigenvalue weighted by molar-refractivity contribution is -0.143. The number of aryl methyl sites for hydroxylation is 1. The van der Waals surface area contributed by atoms with Gasteiger partial charge in [-0.3, -0.25) is 4.79 Å². The quantitative estimate of drug-likeness (QED) is 0.446. The summed E-state index contributed by atoms with van der Waals surface area (Å²) in [5.74, 6) is -1.50. The SMILES string of the molecule is Cc1nc(CN(C)C(=O)c2nnn(-c3cccc(F)c3)c2C(F)(F)F)nc2ccccc12. The standard InChI is InChI=1S/C21H16F4N6O/c1-12-15-8-3-4-9-16(15)27-17(26-12)11-30(2)20(32)18-19(21(23,24)25)31(29-28-18)14-7-5-6-13(22)10-14/h3-10H,11H2,1-2H3. The molecule has 2 heterocycles. The van der Waals surface area contributed by atoms with Crippen LogP contribution in [0.15, 0.2) is 48.5 Å². The lowest BCUT2D eigenvalue weighted by Crippen LogP contribution is -2.30. The molecule has 0 atom stereocenters. The summed E-state index contributed by atoms with van der Waals surface area (Å²) in [4.78, 5) is 22.6. The molecule has 0 fully saturated rings. The van der Waals surface area contributed by atoms with Crippen LogP contribution in [0.1, 0.15) is 27.7 Å². The summed E-state index contributed by atoms with van der Waals surface area (Å²) < 4.78 is 55.4. The smallest absolute Gasteiger partial charge is 0.333 e. The number of fused-ring (bicyclic) bond motifs is 1. The summed E-state index contributed by atoms with van der Waals surface area (Å²) in [6.45, 7) is 1.64. The molecule has 0 radical (unpaired) electrons. The maximum Gasteiger partial charge on any atom is 0.435 e. The van der Waals surface area contributed by atoms with E-state index in [1.54, 1.807) is 19.1 Å². The predicted molar refractivity (Wildman–Crippen MR) is 106 cm³/mol. The van der Waals surface area contributed by atoms with Crippen molar-refractivity contribution in [3.05, 3.63) is 77.3 Å². The Kier molecular flexibility index (Phi) is 5.33. The number of amides is 1. The van der Waals surface area contributed by atoms with Gasteiger partial charge in [-0.15, -0.1) is 5.10 Å². The number of hydrogen-bond acceptors (Lipinski definition) is 5. The van der Waals surface area contributed by atoms with E-state index >= 15 is 0 Å². The molecule has 0 saturated heterocycles. The van der Waals surface area contributed by atoms with Crippen LogP contribution in [0.4, 0.5) is 17.6 Å². The summed E-state index contributed by atoms with van der Waals surface area (Å²) >= 11 is 0. The van der Waals surface area contributed by atoms with E-state index < -0.39 is 29.3 Å². The number of rotatable bonds is 4. The van der Waals surface area contributed by atoms with E-state index in [9.17, 15) is 22.4 Å². The second kappa shape index (κ2) is 7.98. The van der Waals surface area contributed by atoms with Crippen molar-refractivity contribution in [2.24, 2.45) is 0 Å². The second-order valence-electron chi connectivity index (χ2n) is 7.08. The lowest BCUT2D eigenvalue weighted by atomic mass is 10.2. The normalized spacial score (nSPS) is 11.7. The number of hydrogen-bond donors (Lipinski definition) is 0. The first-order chi connectivity index (χ1) is 15.1. The van der Waals surface area contributed by atoms with Crippen molar-refractivity contribution < 1.29 is 22.4 Å². The van der Waals surface area contributed by atoms with E-state index in [-0.39, 0.29) is 18.1 Å². The van der Waals surface area contributed by atoms with E-state index in [4.69, 9.17) is 0 Å². The van der Waals surface area contributed by atoms with E-state index in [0.29, 0.717) is 15.9 Å². The molecule has 0 unspecified atom stereocenters. The van der Waals surface area contributed by atoms with Crippen LogP contribution in [0.2, 0.25) is 0 Å². The van der Waals surface area contributed by atoms with Gasteiger partial charge < -0.3 is 4.90 Å². The van der Waals surface area contributed by atoms with Gasteiger partial charge in [0.15, 0.2) is 11.4 Å². The maximum atomic E-state index is 13.8. The molecule has 0 aliphatic heterocycles. The first-order valence-electron chi connectivity index (χ1n) is 9.41. The van der Waals surface area contributed by atoms with Crippen LogP contribution in [0.5, 0.6) is 0 Å². The largest absolute Gasteiger partial charge is 0.435 e. The van der Waals surface area contributed by atoms with Gasteiger partial charge in [0, 0.05) is 18.1 Å². The van der Waals surface area contributed by atoms with Crippen LogP contribution in [-0.4, -0.2) is 42.8 Å². The van der Waals surface area contributed by atoms with Gasteiger partial charge >= 0.3 is 6.18 Å². The fraction of sp³-hybridized carbons (Fsp3) is 0.190. The van der Waals surface area contributed by atoms with Gasteiger partial charge in [0.1, 0.15) is 11.6 Å². The first kappa shape index (κ1) is 21.3. The molecule has 32 heavy (non-hydrogen) atoms. The van der Waals surface area contributed by atoms with Crippen molar-refractivity contribution >= 4 is 16.8 Å². The molecule has 0 N–H and O–H groups in total. The number of halogens is 4. The van der Waals surface area contributed by atoms with E-state index in [1.165, 1.54) is 19.2 Å². The highest BCUT2D eigenvalue weighted by molar-refractivity contribution is 5.93. The first-order valence-corrected chi connectivity index (χ1v) is 9.41. The molecule has 0 spiro atoms. The van der Waals surface area contributed by atoms with E-state index in [2.05, 4.69) is 20.3 Å². The molecule has 11 heteroatoms. The predicted octanol–water partition coefficient (Wildman–Crippen LogP) is 3.95. The van der Waals surface area contributed by atoms with Gasteiger partial charge in [0.2, 0.25) is 0 Å². The topological polar surface area (TPSA) is 76.8 Å². The van der Waals surface area contributed by atoms with Crippen molar-refractivity contribution in [1.82, 2.24) is 29.9 Å². The van der Waals surface area contributed by atoms with Gasteiger partial charge in [-0.2, -0.15) is 13.2 Å². The Morgan fingerprint density at radius 2 is 1.84 bits per heavy atom. The zero-order valence-electron chi connectivity index (χ0n) is 16.9. The molecule has 4 rings (SSSR count). The highest BCUT2D eigenvalue weighted by Crippen LogP contribution is 2.33. The molecule has 2 aromatic carbocycles. The molecule has 7 nitrogen and oxygen atoms in total. The summed E-state index contributed by atoms with van der Waals surface area (Å²) in [6, 6.07) is 11.7. The number of aromatic nitrogens is 5. The number of carbonyl (C=O) groups excluding carboxylic acids is 1. The molecule has 0 bridgehead atoms. The van der Waals surface area contributed by atoms with Crippen molar-refractivity contribution in [1.29, 1.82) is 0 Å². The highest BCUT2D eigenvalue weighted by Gasteiger charge is 2.42.